The van der Waals surface area contributed by atoms with Gasteiger partial charge in [-0.3, -0.25) is 4.57 Å². The average molecular weight is 602 g/mol. The molecule has 7 aromatic carbocycles. The third-order valence-electron chi connectivity index (χ3n) is 9.61. The summed E-state index contributed by atoms with van der Waals surface area (Å²) in [4.78, 5) is 10.6. The third kappa shape index (κ3) is 3.37. The van der Waals surface area contributed by atoms with Crippen molar-refractivity contribution in [3.63, 3.8) is 0 Å². The molecule has 0 atom stereocenters. The minimum absolute atomic E-state index is 0.592. The normalized spacial score (nSPS) is 12.3. The summed E-state index contributed by atoms with van der Waals surface area (Å²) in [5.74, 6) is 0.592. The summed E-state index contributed by atoms with van der Waals surface area (Å²) in [5, 5.41) is 10.3. The van der Waals surface area contributed by atoms with Crippen LogP contribution in [0.4, 0.5) is 0 Å². The number of rotatable bonds is 2. The van der Waals surface area contributed by atoms with E-state index in [1.54, 1.807) is 0 Å². The van der Waals surface area contributed by atoms with E-state index < -0.39 is 0 Å². The Morgan fingerprint density at radius 1 is 0.447 bits per heavy atom. The number of para-hydroxylation sites is 2. The summed E-state index contributed by atoms with van der Waals surface area (Å²) < 4.78 is 15.0. The standard InChI is InChI=1S/C42H23N3O2/c1-3-11-27-24(9-1)18-21-32-37(27)38-28-12-4-2-10-25(28)19-22-33(38)45(32)42-43-39(41-40(44-42)31-14-6-8-16-35(31)47-41)26-17-20-30-29-13-5-7-15-34(29)46-36(30)23-26/h1-23H. The number of furan rings is 2. The number of benzene rings is 7. The molecule has 4 aromatic heterocycles. The Labute approximate surface area is 266 Å². The maximum atomic E-state index is 6.51. The zero-order valence-electron chi connectivity index (χ0n) is 24.9. The first kappa shape index (κ1) is 24.8. The van der Waals surface area contributed by atoms with Gasteiger partial charge in [0.15, 0.2) is 5.58 Å². The number of fused-ring (bicyclic) bond motifs is 13. The predicted octanol–water partition coefficient (Wildman–Crippen LogP) is 11.3. The minimum atomic E-state index is 0.592. The molecular weight excluding hydrogens is 578 g/mol. The van der Waals surface area contributed by atoms with Crippen molar-refractivity contribution < 1.29 is 8.83 Å². The maximum Gasteiger partial charge on any atom is 0.236 e. The van der Waals surface area contributed by atoms with Gasteiger partial charge in [-0.25, -0.2) is 9.97 Å². The Balaban J connectivity index is 1.29. The molecule has 0 aliphatic rings. The topological polar surface area (TPSA) is 57.0 Å². The molecule has 0 amide bonds. The highest BCUT2D eigenvalue weighted by Crippen LogP contribution is 2.42. The molecule has 5 nitrogen and oxygen atoms in total. The van der Waals surface area contributed by atoms with Gasteiger partial charge in [-0.15, -0.1) is 0 Å². The van der Waals surface area contributed by atoms with Crippen LogP contribution in [-0.2, 0) is 0 Å². The number of hydrogen-bond donors (Lipinski definition) is 0. The molecule has 0 unspecified atom stereocenters. The highest BCUT2D eigenvalue weighted by Gasteiger charge is 2.23. The van der Waals surface area contributed by atoms with Gasteiger partial charge in [0.2, 0.25) is 5.95 Å². The molecule has 4 heterocycles. The Bertz CT molecular complexity index is 3000. The predicted molar refractivity (Wildman–Crippen MR) is 191 cm³/mol. The van der Waals surface area contributed by atoms with Gasteiger partial charge in [0.05, 0.1) is 11.0 Å². The molecule has 11 rings (SSSR count). The quantitative estimate of drug-likeness (QED) is 0.198. The summed E-state index contributed by atoms with van der Waals surface area (Å²) in [6.45, 7) is 0. The Kier molecular flexibility index (Phi) is 4.78. The van der Waals surface area contributed by atoms with Crippen molar-refractivity contribution in [2.75, 3.05) is 0 Å². The van der Waals surface area contributed by atoms with Crippen LogP contribution in [0.3, 0.4) is 0 Å². The molecule has 0 spiro atoms. The van der Waals surface area contributed by atoms with Crippen molar-refractivity contribution in [2.45, 2.75) is 0 Å². The summed E-state index contributed by atoms with van der Waals surface area (Å²) in [5.41, 5.74) is 7.62. The second kappa shape index (κ2) is 9.05. The largest absolute Gasteiger partial charge is 0.456 e. The summed E-state index contributed by atoms with van der Waals surface area (Å²) in [6.07, 6.45) is 0. The Morgan fingerprint density at radius 3 is 1.72 bits per heavy atom. The van der Waals surface area contributed by atoms with E-state index in [4.69, 9.17) is 18.8 Å². The van der Waals surface area contributed by atoms with Crippen LogP contribution >= 0.6 is 0 Å². The van der Waals surface area contributed by atoms with Gasteiger partial charge >= 0.3 is 0 Å². The lowest BCUT2D eigenvalue weighted by Crippen LogP contribution is -2.03. The molecule has 47 heavy (non-hydrogen) atoms. The van der Waals surface area contributed by atoms with Crippen LogP contribution in [0, 0.1) is 0 Å². The molecule has 218 valence electrons. The van der Waals surface area contributed by atoms with Crippen molar-refractivity contribution in [1.29, 1.82) is 0 Å². The third-order valence-corrected chi connectivity index (χ3v) is 9.61. The number of nitrogens with zero attached hydrogens (tertiary/aromatic N) is 3. The lowest BCUT2D eigenvalue weighted by Gasteiger charge is -2.10. The molecule has 0 aliphatic heterocycles. The maximum absolute atomic E-state index is 6.51. The summed E-state index contributed by atoms with van der Waals surface area (Å²) in [7, 11) is 0. The molecular formula is C42H23N3O2. The minimum Gasteiger partial charge on any atom is -0.456 e. The van der Waals surface area contributed by atoms with Gasteiger partial charge in [0.25, 0.3) is 0 Å². The molecule has 0 saturated heterocycles. The van der Waals surface area contributed by atoms with E-state index in [0.717, 1.165) is 60.7 Å². The summed E-state index contributed by atoms with van der Waals surface area (Å²) >= 11 is 0. The van der Waals surface area contributed by atoms with Crippen molar-refractivity contribution in [3.05, 3.63) is 140 Å². The lowest BCUT2D eigenvalue weighted by atomic mass is 10.00. The monoisotopic (exact) mass is 601 g/mol. The van der Waals surface area contributed by atoms with E-state index in [0.29, 0.717) is 11.5 Å². The van der Waals surface area contributed by atoms with Crippen LogP contribution in [0.1, 0.15) is 0 Å². The van der Waals surface area contributed by atoms with Gasteiger partial charge in [0, 0.05) is 32.5 Å². The molecule has 0 aliphatic carbocycles. The molecule has 0 N–H and O–H groups in total. The van der Waals surface area contributed by atoms with E-state index >= 15 is 0 Å². The molecule has 0 fully saturated rings. The van der Waals surface area contributed by atoms with Crippen molar-refractivity contribution >= 4 is 87.4 Å². The van der Waals surface area contributed by atoms with E-state index in [2.05, 4.69) is 108 Å². The fourth-order valence-electron chi connectivity index (χ4n) is 7.51. The first-order chi connectivity index (χ1) is 23.3. The number of aromatic nitrogens is 3. The fourth-order valence-corrected chi connectivity index (χ4v) is 7.51. The van der Waals surface area contributed by atoms with E-state index in [1.807, 2.05) is 36.4 Å². The molecule has 5 heteroatoms. The molecule has 0 bridgehead atoms. The van der Waals surface area contributed by atoms with Crippen molar-refractivity contribution in [3.8, 4) is 17.2 Å². The van der Waals surface area contributed by atoms with Crippen LogP contribution < -0.4 is 0 Å². The highest BCUT2D eigenvalue weighted by molar-refractivity contribution is 6.28. The molecule has 0 saturated carbocycles. The van der Waals surface area contributed by atoms with Gasteiger partial charge in [-0.05, 0) is 64.0 Å². The number of hydrogen-bond acceptors (Lipinski definition) is 4. The van der Waals surface area contributed by atoms with Crippen LogP contribution in [0.5, 0.6) is 0 Å². The van der Waals surface area contributed by atoms with Crippen LogP contribution in [0.25, 0.3) is 105 Å². The van der Waals surface area contributed by atoms with Crippen LogP contribution in [0.15, 0.2) is 148 Å². The zero-order chi connectivity index (χ0) is 30.6. The van der Waals surface area contributed by atoms with E-state index in [9.17, 15) is 0 Å². The van der Waals surface area contributed by atoms with Crippen molar-refractivity contribution in [2.24, 2.45) is 0 Å². The highest BCUT2D eigenvalue weighted by atomic mass is 16.3. The Hall–Kier alpha value is -6.46. The second-order valence-corrected chi connectivity index (χ2v) is 12.2. The smallest absolute Gasteiger partial charge is 0.236 e. The van der Waals surface area contributed by atoms with Gasteiger partial charge < -0.3 is 8.83 Å². The van der Waals surface area contributed by atoms with E-state index in [1.165, 1.54) is 32.3 Å². The Morgan fingerprint density at radius 2 is 1.02 bits per heavy atom. The van der Waals surface area contributed by atoms with Crippen molar-refractivity contribution in [1.82, 2.24) is 14.5 Å². The lowest BCUT2D eigenvalue weighted by molar-refractivity contribution is 0.666. The van der Waals surface area contributed by atoms with Gasteiger partial charge in [-0.2, -0.15) is 0 Å². The second-order valence-electron chi connectivity index (χ2n) is 12.2. The van der Waals surface area contributed by atoms with Gasteiger partial charge in [0.1, 0.15) is 28.0 Å². The van der Waals surface area contributed by atoms with Gasteiger partial charge in [-0.1, -0.05) is 97.1 Å². The first-order valence-corrected chi connectivity index (χ1v) is 15.8. The summed E-state index contributed by atoms with van der Waals surface area (Å²) in [6, 6.07) is 48.5. The molecule has 0 radical (unpaired) electrons. The zero-order valence-corrected chi connectivity index (χ0v) is 24.9. The fraction of sp³-hybridized carbons (Fsp3) is 0. The van der Waals surface area contributed by atoms with E-state index in [-0.39, 0.29) is 0 Å². The SMILES string of the molecule is c1ccc2c(c1)ccc1c2c2c3ccccc3ccc2n1-c1nc(-c2ccc3c(c2)oc2ccccc23)c2oc3ccccc3c2n1. The first-order valence-electron chi connectivity index (χ1n) is 15.8. The molecule has 11 aromatic rings. The van der Waals surface area contributed by atoms with Crippen LogP contribution in [-0.4, -0.2) is 14.5 Å². The van der Waals surface area contributed by atoms with Crippen LogP contribution in [0.2, 0.25) is 0 Å². The average Bonchev–Trinajstić information content (AvgIpc) is 3.80.